The molecule has 110 valence electrons. The van der Waals surface area contributed by atoms with Gasteiger partial charge in [-0.05, 0) is 55.4 Å². The van der Waals surface area contributed by atoms with Crippen molar-refractivity contribution < 1.29 is 4.79 Å². The molecule has 1 fully saturated rings. The maximum atomic E-state index is 13.0. The number of nitrogens with zero attached hydrogens (tertiary/aromatic N) is 1. The van der Waals surface area contributed by atoms with Gasteiger partial charge in [0, 0.05) is 23.5 Å². The molecule has 2 N–H and O–H groups in total. The summed E-state index contributed by atoms with van der Waals surface area (Å²) in [6.45, 7) is 2.90. The monoisotopic (exact) mass is 310 g/mol. The van der Waals surface area contributed by atoms with Gasteiger partial charge in [0.05, 0.1) is 0 Å². The standard InChI is InChI=1S/C15H22N2OS2/c1-10(16)12-4-2-3-7-17(12)15(18)14-11-5-8-19-13(11)6-9-20-14/h5,8,10,12,14H,2-4,6-7,9,16H2,1H3. The molecule has 3 atom stereocenters. The summed E-state index contributed by atoms with van der Waals surface area (Å²) >= 11 is 3.59. The van der Waals surface area contributed by atoms with Gasteiger partial charge in [-0.25, -0.2) is 0 Å². The molecule has 0 radical (unpaired) electrons. The molecule has 3 rings (SSSR count). The summed E-state index contributed by atoms with van der Waals surface area (Å²) in [6.07, 6.45) is 4.47. The number of thioether (sulfide) groups is 1. The van der Waals surface area contributed by atoms with E-state index in [1.54, 1.807) is 23.1 Å². The van der Waals surface area contributed by atoms with Gasteiger partial charge < -0.3 is 10.6 Å². The third kappa shape index (κ3) is 2.63. The summed E-state index contributed by atoms with van der Waals surface area (Å²) in [6, 6.07) is 2.43. The van der Waals surface area contributed by atoms with Gasteiger partial charge in [-0.1, -0.05) is 0 Å². The van der Waals surface area contributed by atoms with Crippen LogP contribution in [0.1, 0.15) is 41.9 Å². The van der Waals surface area contributed by atoms with E-state index in [1.807, 2.05) is 6.92 Å². The lowest BCUT2D eigenvalue weighted by molar-refractivity contribution is -0.134. The average molecular weight is 310 g/mol. The van der Waals surface area contributed by atoms with Gasteiger partial charge in [0.2, 0.25) is 5.91 Å². The summed E-state index contributed by atoms with van der Waals surface area (Å²) in [7, 11) is 0. The number of fused-ring (bicyclic) bond motifs is 1. The van der Waals surface area contributed by atoms with Gasteiger partial charge in [0.15, 0.2) is 0 Å². The molecule has 0 aromatic carbocycles. The molecule has 0 saturated carbocycles. The lowest BCUT2D eigenvalue weighted by Gasteiger charge is -2.40. The molecule has 3 heterocycles. The van der Waals surface area contributed by atoms with Crippen molar-refractivity contribution in [1.29, 1.82) is 0 Å². The lowest BCUT2D eigenvalue weighted by Crippen LogP contribution is -2.52. The van der Waals surface area contributed by atoms with Gasteiger partial charge in [-0.3, -0.25) is 4.79 Å². The second kappa shape index (κ2) is 6.08. The summed E-state index contributed by atoms with van der Waals surface area (Å²) in [4.78, 5) is 16.5. The van der Waals surface area contributed by atoms with E-state index in [2.05, 4.69) is 16.3 Å². The molecule has 3 nitrogen and oxygen atoms in total. The van der Waals surface area contributed by atoms with Crippen molar-refractivity contribution in [3.05, 3.63) is 21.9 Å². The number of likely N-dealkylation sites (tertiary alicyclic amines) is 1. The van der Waals surface area contributed by atoms with Crippen molar-refractivity contribution in [3.8, 4) is 0 Å². The van der Waals surface area contributed by atoms with Crippen LogP contribution in [0.25, 0.3) is 0 Å². The molecule has 0 spiro atoms. The van der Waals surface area contributed by atoms with Crippen molar-refractivity contribution in [3.63, 3.8) is 0 Å². The summed E-state index contributed by atoms with van der Waals surface area (Å²) in [5.41, 5.74) is 7.36. The van der Waals surface area contributed by atoms with Crippen LogP contribution in [-0.2, 0) is 11.2 Å². The van der Waals surface area contributed by atoms with E-state index < -0.39 is 0 Å². The predicted octanol–water partition coefficient (Wildman–Crippen LogP) is 2.81. The number of hydrogen-bond acceptors (Lipinski definition) is 4. The third-order valence-corrected chi connectivity index (χ3v) is 6.56. The zero-order valence-corrected chi connectivity index (χ0v) is 13.5. The summed E-state index contributed by atoms with van der Waals surface area (Å²) in [5, 5.41) is 2.13. The van der Waals surface area contributed by atoms with Crippen LogP contribution < -0.4 is 5.73 Å². The number of nitrogens with two attached hydrogens (primary N) is 1. The fourth-order valence-electron chi connectivity index (χ4n) is 3.28. The first kappa shape index (κ1) is 14.4. The SMILES string of the molecule is CC(N)C1CCCCN1C(=O)C1SCCc2sccc21. The van der Waals surface area contributed by atoms with E-state index in [-0.39, 0.29) is 23.2 Å². The minimum atomic E-state index is 0.00403. The van der Waals surface area contributed by atoms with Crippen LogP contribution in [0.3, 0.4) is 0 Å². The van der Waals surface area contributed by atoms with E-state index >= 15 is 0 Å². The zero-order chi connectivity index (χ0) is 14.1. The second-order valence-corrected chi connectivity index (χ2v) is 7.97. The molecular formula is C15H22N2OS2. The summed E-state index contributed by atoms with van der Waals surface area (Å²) < 4.78 is 0. The number of thiophene rings is 1. The van der Waals surface area contributed by atoms with Crippen LogP contribution in [0, 0.1) is 0 Å². The van der Waals surface area contributed by atoms with Crippen molar-refractivity contribution in [2.75, 3.05) is 12.3 Å². The Morgan fingerprint density at radius 2 is 2.35 bits per heavy atom. The minimum Gasteiger partial charge on any atom is -0.337 e. The van der Waals surface area contributed by atoms with Crippen LogP contribution in [-0.4, -0.2) is 35.2 Å². The number of aryl methyl sites for hydroxylation is 1. The number of amides is 1. The van der Waals surface area contributed by atoms with Crippen LogP contribution in [0.4, 0.5) is 0 Å². The molecule has 5 heteroatoms. The fraction of sp³-hybridized carbons (Fsp3) is 0.667. The van der Waals surface area contributed by atoms with Crippen molar-refractivity contribution in [2.24, 2.45) is 5.73 Å². The lowest BCUT2D eigenvalue weighted by atomic mass is 9.96. The van der Waals surface area contributed by atoms with E-state index in [0.29, 0.717) is 0 Å². The highest BCUT2D eigenvalue weighted by atomic mass is 32.2. The quantitative estimate of drug-likeness (QED) is 0.913. The molecule has 20 heavy (non-hydrogen) atoms. The molecule has 0 aliphatic carbocycles. The predicted molar refractivity (Wildman–Crippen MR) is 86.2 cm³/mol. The summed E-state index contributed by atoms with van der Waals surface area (Å²) in [5.74, 6) is 1.34. The molecule has 2 aliphatic rings. The van der Waals surface area contributed by atoms with Gasteiger partial charge in [-0.15, -0.1) is 23.1 Å². The number of rotatable bonds is 2. The topological polar surface area (TPSA) is 46.3 Å². The molecule has 0 bridgehead atoms. The average Bonchev–Trinajstić information content (AvgIpc) is 2.94. The Hall–Kier alpha value is -0.520. The largest absolute Gasteiger partial charge is 0.337 e. The van der Waals surface area contributed by atoms with Crippen LogP contribution >= 0.6 is 23.1 Å². The highest BCUT2D eigenvalue weighted by Crippen LogP contribution is 2.41. The van der Waals surface area contributed by atoms with E-state index in [1.165, 1.54) is 16.9 Å². The normalized spacial score (nSPS) is 28.0. The van der Waals surface area contributed by atoms with Crippen molar-refractivity contribution >= 4 is 29.0 Å². The van der Waals surface area contributed by atoms with Gasteiger partial charge in [0.25, 0.3) is 0 Å². The Kier molecular flexibility index (Phi) is 4.38. The van der Waals surface area contributed by atoms with Crippen LogP contribution in [0.5, 0.6) is 0 Å². The maximum Gasteiger partial charge on any atom is 0.240 e. The third-order valence-electron chi connectivity index (χ3n) is 4.34. The first-order valence-corrected chi connectivity index (χ1v) is 9.35. The van der Waals surface area contributed by atoms with Gasteiger partial charge in [0.1, 0.15) is 5.25 Å². The van der Waals surface area contributed by atoms with E-state index in [9.17, 15) is 4.79 Å². The van der Waals surface area contributed by atoms with Gasteiger partial charge >= 0.3 is 0 Å². The molecule has 1 aromatic rings. The Labute approximate surface area is 128 Å². The van der Waals surface area contributed by atoms with E-state index in [0.717, 1.165) is 31.6 Å². The number of carbonyl (C=O) groups excluding carboxylic acids is 1. The molecular weight excluding hydrogens is 288 g/mol. The van der Waals surface area contributed by atoms with Crippen molar-refractivity contribution in [2.45, 2.75) is 49.9 Å². The Morgan fingerprint density at radius 3 is 3.15 bits per heavy atom. The van der Waals surface area contributed by atoms with Crippen LogP contribution in [0.2, 0.25) is 0 Å². The fourth-order valence-corrected chi connectivity index (χ4v) is 5.64. The highest BCUT2D eigenvalue weighted by Gasteiger charge is 2.36. The highest BCUT2D eigenvalue weighted by molar-refractivity contribution is 8.00. The molecule has 1 amide bonds. The second-order valence-electron chi connectivity index (χ2n) is 5.75. The molecule has 1 aromatic heterocycles. The van der Waals surface area contributed by atoms with E-state index in [4.69, 9.17) is 5.73 Å². The molecule has 2 aliphatic heterocycles. The maximum absolute atomic E-state index is 13.0. The first-order chi connectivity index (χ1) is 9.68. The zero-order valence-electron chi connectivity index (χ0n) is 11.9. The smallest absolute Gasteiger partial charge is 0.240 e. The number of carbonyl (C=O) groups is 1. The number of piperidine rings is 1. The molecule has 1 saturated heterocycles. The first-order valence-electron chi connectivity index (χ1n) is 7.42. The van der Waals surface area contributed by atoms with Crippen molar-refractivity contribution in [1.82, 2.24) is 4.90 Å². The van der Waals surface area contributed by atoms with Gasteiger partial charge in [-0.2, -0.15) is 0 Å². The minimum absolute atomic E-state index is 0.00403. The number of hydrogen-bond donors (Lipinski definition) is 1. The molecule has 3 unspecified atom stereocenters. The van der Waals surface area contributed by atoms with Crippen LogP contribution in [0.15, 0.2) is 11.4 Å². The Morgan fingerprint density at radius 1 is 1.50 bits per heavy atom. The Balaban J connectivity index is 1.82. The Bertz CT molecular complexity index is 486.